The molecule has 7 heteroatoms. The summed E-state index contributed by atoms with van der Waals surface area (Å²) in [6, 6.07) is -0.573. The number of hydrogen-bond donors (Lipinski definition) is 2. The Morgan fingerprint density at radius 1 is 1.56 bits per heavy atom. The summed E-state index contributed by atoms with van der Waals surface area (Å²) in [6.07, 6.45) is -1.89. The van der Waals surface area contributed by atoms with E-state index in [9.17, 15) is 13.2 Å². The van der Waals surface area contributed by atoms with Crippen LogP contribution in [0.5, 0.6) is 0 Å². The molecule has 92 valence electrons. The molecule has 0 saturated carbocycles. The van der Waals surface area contributed by atoms with E-state index >= 15 is 0 Å². The van der Waals surface area contributed by atoms with Gasteiger partial charge in [0.05, 0.1) is 6.04 Å². The van der Waals surface area contributed by atoms with Gasteiger partial charge in [0.25, 0.3) is 0 Å². The lowest BCUT2D eigenvalue weighted by Crippen LogP contribution is -2.31. The number of nitrogens with one attached hydrogen (secondary N) is 1. The van der Waals surface area contributed by atoms with Crippen LogP contribution in [0, 0.1) is 0 Å². The van der Waals surface area contributed by atoms with Gasteiger partial charge in [0.15, 0.2) is 0 Å². The van der Waals surface area contributed by atoms with Crippen LogP contribution in [-0.2, 0) is 6.54 Å². The van der Waals surface area contributed by atoms with Crippen molar-refractivity contribution in [3.63, 3.8) is 0 Å². The summed E-state index contributed by atoms with van der Waals surface area (Å²) in [5, 5.41) is 0. The third kappa shape index (κ3) is 3.49. The van der Waals surface area contributed by atoms with Crippen LogP contribution in [0.1, 0.15) is 31.6 Å². The molecule has 1 atom stereocenters. The number of nitrogens with zero attached hydrogens (tertiary/aromatic N) is 2. The molecule has 0 fully saturated rings. The molecule has 0 saturated heterocycles. The highest BCUT2D eigenvalue weighted by molar-refractivity contribution is 4.99. The molecule has 0 aliphatic rings. The summed E-state index contributed by atoms with van der Waals surface area (Å²) in [4.78, 5) is 4.01. The smallest absolute Gasteiger partial charge is 0.334 e. The number of rotatable bonds is 5. The van der Waals surface area contributed by atoms with Gasteiger partial charge in [-0.15, -0.1) is 0 Å². The average molecular weight is 236 g/mol. The van der Waals surface area contributed by atoms with E-state index in [0.29, 0.717) is 12.4 Å². The number of aromatic nitrogens is 2. The molecule has 0 amide bonds. The van der Waals surface area contributed by atoms with Gasteiger partial charge in [0.2, 0.25) is 0 Å². The Labute approximate surface area is 91.6 Å². The highest BCUT2D eigenvalue weighted by atomic mass is 19.4. The summed E-state index contributed by atoms with van der Waals surface area (Å²) in [7, 11) is 0. The number of halogens is 3. The lowest BCUT2D eigenvalue weighted by Gasteiger charge is -2.17. The second-order valence-electron chi connectivity index (χ2n) is 3.44. The monoisotopic (exact) mass is 236 g/mol. The lowest BCUT2D eigenvalue weighted by molar-refractivity contribution is -0.136. The van der Waals surface area contributed by atoms with Gasteiger partial charge in [-0.3, -0.25) is 5.84 Å². The predicted molar refractivity (Wildman–Crippen MR) is 53.3 cm³/mol. The zero-order valence-electron chi connectivity index (χ0n) is 8.96. The van der Waals surface area contributed by atoms with Crippen LogP contribution in [0.25, 0.3) is 0 Å². The van der Waals surface area contributed by atoms with Gasteiger partial charge < -0.3 is 4.57 Å². The maximum Gasteiger partial charge on any atom is 0.389 e. The fourth-order valence-corrected chi connectivity index (χ4v) is 1.49. The van der Waals surface area contributed by atoms with Crippen LogP contribution in [0.2, 0.25) is 0 Å². The highest BCUT2D eigenvalue weighted by Crippen LogP contribution is 2.26. The van der Waals surface area contributed by atoms with Crippen LogP contribution in [0.15, 0.2) is 12.4 Å². The molecule has 1 heterocycles. The lowest BCUT2D eigenvalue weighted by atomic mass is 10.1. The van der Waals surface area contributed by atoms with Crippen molar-refractivity contribution in [1.29, 1.82) is 0 Å². The summed E-state index contributed by atoms with van der Waals surface area (Å²) in [6.45, 7) is 2.54. The third-order valence-corrected chi connectivity index (χ3v) is 2.32. The van der Waals surface area contributed by atoms with E-state index in [1.165, 1.54) is 0 Å². The zero-order valence-corrected chi connectivity index (χ0v) is 8.96. The van der Waals surface area contributed by atoms with Crippen molar-refractivity contribution in [3.8, 4) is 0 Å². The number of aryl methyl sites for hydroxylation is 1. The van der Waals surface area contributed by atoms with E-state index in [4.69, 9.17) is 5.84 Å². The molecule has 0 radical (unpaired) electrons. The van der Waals surface area contributed by atoms with Gasteiger partial charge in [-0.1, -0.05) is 0 Å². The molecule has 4 nitrogen and oxygen atoms in total. The van der Waals surface area contributed by atoms with Gasteiger partial charge >= 0.3 is 6.18 Å². The van der Waals surface area contributed by atoms with Gasteiger partial charge in [-0.2, -0.15) is 13.2 Å². The maximum atomic E-state index is 12.1. The molecule has 1 aromatic rings. The predicted octanol–water partition coefficient (Wildman–Crippen LogP) is 1.75. The Balaban J connectivity index is 2.67. The van der Waals surface area contributed by atoms with Crippen molar-refractivity contribution < 1.29 is 13.2 Å². The molecular weight excluding hydrogens is 221 g/mol. The molecule has 0 spiro atoms. The van der Waals surface area contributed by atoms with Gasteiger partial charge in [0, 0.05) is 25.4 Å². The summed E-state index contributed by atoms with van der Waals surface area (Å²) < 4.78 is 38.0. The molecule has 16 heavy (non-hydrogen) atoms. The first-order valence-electron chi connectivity index (χ1n) is 5.02. The second-order valence-corrected chi connectivity index (χ2v) is 3.44. The minimum Gasteiger partial charge on any atom is -0.334 e. The Morgan fingerprint density at radius 2 is 2.25 bits per heavy atom. The first-order chi connectivity index (χ1) is 7.48. The molecular formula is C9H15F3N4. The molecule has 0 bridgehead atoms. The van der Waals surface area contributed by atoms with Crippen molar-refractivity contribution in [3.05, 3.63) is 18.2 Å². The van der Waals surface area contributed by atoms with Gasteiger partial charge in [0.1, 0.15) is 5.82 Å². The van der Waals surface area contributed by atoms with E-state index in [1.54, 1.807) is 17.0 Å². The van der Waals surface area contributed by atoms with E-state index in [2.05, 4.69) is 10.4 Å². The number of hydrogen-bond acceptors (Lipinski definition) is 3. The molecule has 1 aromatic heterocycles. The minimum absolute atomic E-state index is 0.114. The summed E-state index contributed by atoms with van der Waals surface area (Å²) >= 11 is 0. The van der Waals surface area contributed by atoms with Crippen LogP contribution in [0.3, 0.4) is 0 Å². The SMILES string of the molecule is CCn1ccnc1C(CCC(F)(F)F)NN. The largest absolute Gasteiger partial charge is 0.389 e. The topological polar surface area (TPSA) is 55.9 Å². The molecule has 1 unspecified atom stereocenters. The standard InChI is InChI=1S/C9H15F3N4/c1-2-16-6-5-14-8(16)7(15-13)3-4-9(10,11)12/h5-7,15H,2-4,13H2,1H3. The molecule has 3 N–H and O–H groups in total. The fraction of sp³-hybridized carbons (Fsp3) is 0.667. The Hall–Kier alpha value is -1.08. The molecule has 1 rings (SSSR count). The quantitative estimate of drug-likeness (QED) is 0.605. The van der Waals surface area contributed by atoms with Crippen molar-refractivity contribution >= 4 is 0 Å². The number of alkyl halides is 3. The van der Waals surface area contributed by atoms with E-state index < -0.39 is 18.6 Å². The van der Waals surface area contributed by atoms with Gasteiger partial charge in [-0.25, -0.2) is 10.4 Å². The summed E-state index contributed by atoms with van der Waals surface area (Å²) in [5.74, 6) is 5.78. The van der Waals surface area contributed by atoms with Crippen molar-refractivity contribution in [1.82, 2.24) is 15.0 Å². The molecule has 0 aliphatic carbocycles. The maximum absolute atomic E-state index is 12.1. The number of nitrogens with two attached hydrogens (primary N) is 1. The van der Waals surface area contributed by atoms with Crippen molar-refractivity contribution in [2.45, 2.75) is 38.5 Å². The first kappa shape index (κ1) is 13.0. The number of imidazole rings is 1. The Bertz CT molecular complexity index is 321. The van der Waals surface area contributed by atoms with E-state index in [0.717, 1.165) is 0 Å². The Kier molecular flexibility index (Phi) is 4.31. The number of hydrazine groups is 1. The van der Waals surface area contributed by atoms with Crippen LogP contribution < -0.4 is 11.3 Å². The average Bonchev–Trinajstić information content (AvgIpc) is 2.65. The molecule has 0 aromatic carbocycles. The first-order valence-corrected chi connectivity index (χ1v) is 5.02. The normalized spacial score (nSPS) is 14.1. The van der Waals surface area contributed by atoms with Crippen molar-refractivity contribution in [2.75, 3.05) is 0 Å². The highest BCUT2D eigenvalue weighted by Gasteiger charge is 2.29. The van der Waals surface area contributed by atoms with E-state index in [1.807, 2.05) is 6.92 Å². The van der Waals surface area contributed by atoms with E-state index in [-0.39, 0.29) is 6.42 Å². The Morgan fingerprint density at radius 3 is 2.75 bits per heavy atom. The fourth-order valence-electron chi connectivity index (χ4n) is 1.49. The minimum atomic E-state index is -4.17. The van der Waals surface area contributed by atoms with Crippen LogP contribution >= 0.6 is 0 Å². The van der Waals surface area contributed by atoms with Crippen molar-refractivity contribution in [2.24, 2.45) is 5.84 Å². The van der Waals surface area contributed by atoms with Crippen LogP contribution in [-0.4, -0.2) is 15.7 Å². The van der Waals surface area contributed by atoms with Gasteiger partial charge in [-0.05, 0) is 13.3 Å². The summed E-state index contributed by atoms with van der Waals surface area (Å²) in [5.41, 5.74) is 2.37. The molecule has 0 aliphatic heterocycles. The zero-order chi connectivity index (χ0) is 12.2. The third-order valence-electron chi connectivity index (χ3n) is 2.32. The second kappa shape index (κ2) is 5.31. The van der Waals surface area contributed by atoms with Crippen LogP contribution in [0.4, 0.5) is 13.2 Å².